The summed E-state index contributed by atoms with van der Waals surface area (Å²) in [6, 6.07) is 11.6. The molecule has 124 valence electrons. The van der Waals surface area contributed by atoms with Gasteiger partial charge in [-0.2, -0.15) is 5.10 Å². The second-order valence-electron chi connectivity index (χ2n) is 5.54. The SMILES string of the molecule is COC(=O)Cn1ccc2c(cnc3c(-c4ccccc4)cnn32)c1=O. The number of aromatic nitrogens is 4. The smallest absolute Gasteiger partial charge is 0.325 e. The second kappa shape index (κ2) is 5.86. The van der Waals surface area contributed by atoms with Crippen LogP contribution < -0.4 is 5.56 Å². The summed E-state index contributed by atoms with van der Waals surface area (Å²) in [6.07, 6.45) is 4.82. The molecule has 0 saturated heterocycles. The fourth-order valence-corrected chi connectivity index (χ4v) is 2.81. The molecule has 3 heterocycles. The fraction of sp³-hybridized carbons (Fsp3) is 0.111. The third kappa shape index (κ3) is 2.46. The van der Waals surface area contributed by atoms with Crippen LogP contribution in [0.1, 0.15) is 0 Å². The number of methoxy groups -OCH3 is 1. The number of rotatable bonds is 3. The maximum absolute atomic E-state index is 12.6. The van der Waals surface area contributed by atoms with E-state index in [9.17, 15) is 9.59 Å². The molecule has 0 bridgehead atoms. The van der Waals surface area contributed by atoms with Gasteiger partial charge in [0.25, 0.3) is 5.56 Å². The summed E-state index contributed by atoms with van der Waals surface area (Å²) >= 11 is 0. The molecular formula is C18H14N4O3. The standard InChI is InChI=1S/C18H14N4O3/c1-25-16(23)11-21-8-7-15-14(18(21)24)9-19-17-13(10-20-22(15)17)12-5-3-2-4-6-12/h2-10H,11H2,1H3. The lowest BCUT2D eigenvalue weighted by Crippen LogP contribution is -2.25. The minimum absolute atomic E-state index is 0.141. The molecule has 0 radical (unpaired) electrons. The van der Waals surface area contributed by atoms with Crippen molar-refractivity contribution in [2.24, 2.45) is 0 Å². The first-order valence-electron chi connectivity index (χ1n) is 7.67. The topological polar surface area (TPSA) is 78.5 Å². The number of ether oxygens (including phenoxy) is 1. The van der Waals surface area contributed by atoms with Gasteiger partial charge < -0.3 is 9.30 Å². The van der Waals surface area contributed by atoms with E-state index in [2.05, 4.69) is 14.8 Å². The predicted octanol–water partition coefficient (Wildman–Crippen LogP) is 1.88. The molecule has 0 atom stereocenters. The van der Waals surface area contributed by atoms with Crippen LogP contribution in [0.25, 0.3) is 27.7 Å². The Bertz CT molecular complexity index is 1150. The predicted molar refractivity (Wildman–Crippen MR) is 92.2 cm³/mol. The molecule has 0 amide bonds. The second-order valence-corrected chi connectivity index (χ2v) is 5.54. The maximum Gasteiger partial charge on any atom is 0.325 e. The highest BCUT2D eigenvalue weighted by Crippen LogP contribution is 2.24. The highest BCUT2D eigenvalue weighted by Gasteiger charge is 2.13. The number of carbonyl (C=O) groups is 1. The fourth-order valence-electron chi connectivity index (χ4n) is 2.81. The first kappa shape index (κ1) is 15.1. The molecule has 0 N–H and O–H groups in total. The molecule has 7 heteroatoms. The van der Waals surface area contributed by atoms with Crippen LogP contribution in [-0.4, -0.2) is 32.2 Å². The Morgan fingerprint density at radius 1 is 1.16 bits per heavy atom. The number of nitrogens with zero attached hydrogens (tertiary/aromatic N) is 4. The van der Waals surface area contributed by atoms with Crippen molar-refractivity contribution in [1.82, 2.24) is 19.2 Å². The Hall–Kier alpha value is -3.48. The Labute approximate surface area is 142 Å². The number of benzene rings is 1. The average Bonchev–Trinajstić information content (AvgIpc) is 3.09. The van der Waals surface area contributed by atoms with Crippen LogP contribution in [0.3, 0.4) is 0 Å². The Kier molecular flexibility index (Phi) is 3.53. The van der Waals surface area contributed by atoms with Crippen LogP contribution in [-0.2, 0) is 16.1 Å². The number of pyridine rings is 1. The highest BCUT2D eigenvalue weighted by atomic mass is 16.5. The van der Waals surface area contributed by atoms with Crippen molar-refractivity contribution in [3.05, 3.63) is 65.3 Å². The van der Waals surface area contributed by atoms with Crippen molar-refractivity contribution >= 4 is 22.5 Å². The van der Waals surface area contributed by atoms with E-state index in [0.29, 0.717) is 16.6 Å². The van der Waals surface area contributed by atoms with Crippen molar-refractivity contribution < 1.29 is 9.53 Å². The molecule has 0 unspecified atom stereocenters. The lowest BCUT2D eigenvalue weighted by molar-refractivity contribution is -0.141. The van der Waals surface area contributed by atoms with Gasteiger partial charge in [0.05, 0.1) is 24.2 Å². The number of carbonyl (C=O) groups excluding carboxylic acids is 1. The molecular weight excluding hydrogens is 320 g/mol. The molecule has 0 spiro atoms. The van der Waals surface area contributed by atoms with E-state index in [1.807, 2.05) is 30.3 Å². The van der Waals surface area contributed by atoms with Crippen molar-refractivity contribution in [2.45, 2.75) is 6.54 Å². The molecule has 3 aromatic heterocycles. The molecule has 0 aliphatic rings. The van der Waals surface area contributed by atoms with Crippen molar-refractivity contribution in [2.75, 3.05) is 7.11 Å². The van der Waals surface area contributed by atoms with Gasteiger partial charge in [0.15, 0.2) is 5.65 Å². The molecule has 0 saturated carbocycles. The van der Waals surface area contributed by atoms with E-state index in [4.69, 9.17) is 0 Å². The summed E-state index contributed by atoms with van der Waals surface area (Å²) in [5.74, 6) is -0.485. The van der Waals surface area contributed by atoms with Gasteiger partial charge in [0.1, 0.15) is 6.54 Å². The Balaban J connectivity index is 1.91. The van der Waals surface area contributed by atoms with Gasteiger partial charge in [-0.15, -0.1) is 0 Å². The van der Waals surface area contributed by atoms with Crippen LogP contribution in [0.4, 0.5) is 0 Å². The first-order chi connectivity index (χ1) is 12.2. The van der Waals surface area contributed by atoms with Gasteiger partial charge in [0, 0.05) is 18.0 Å². The number of esters is 1. The van der Waals surface area contributed by atoms with Crippen LogP contribution in [0.2, 0.25) is 0 Å². The molecule has 0 fully saturated rings. The first-order valence-corrected chi connectivity index (χ1v) is 7.67. The summed E-state index contributed by atoms with van der Waals surface area (Å²) in [5.41, 5.74) is 2.89. The lowest BCUT2D eigenvalue weighted by atomic mass is 10.1. The van der Waals surface area contributed by atoms with Crippen LogP contribution in [0.5, 0.6) is 0 Å². The summed E-state index contributed by atoms with van der Waals surface area (Å²) < 4.78 is 7.55. The number of hydrogen-bond acceptors (Lipinski definition) is 5. The average molecular weight is 334 g/mol. The summed E-state index contributed by atoms with van der Waals surface area (Å²) in [5, 5.41) is 4.78. The molecule has 1 aromatic carbocycles. The van der Waals surface area contributed by atoms with Crippen LogP contribution in [0, 0.1) is 0 Å². The van der Waals surface area contributed by atoms with Gasteiger partial charge in [0.2, 0.25) is 0 Å². The van der Waals surface area contributed by atoms with Crippen LogP contribution >= 0.6 is 0 Å². The maximum atomic E-state index is 12.6. The van der Waals surface area contributed by atoms with Crippen LogP contribution in [0.15, 0.2) is 59.8 Å². The summed E-state index contributed by atoms with van der Waals surface area (Å²) in [4.78, 5) is 28.4. The zero-order valence-corrected chi connectivity index (χ0v) is 13.4. The highest BCUT2D eigenvalue weighted by molar-refractivity contribution is 5.85. The molecule has 4 aromatic rings. The normalized spacial score (nSPS) is 11.1. The van der Waals surface area contributed by atoms with Gasteiger partial charge in [-0.05, 0) is 11.6 Å². The van der Waals surface area contributed by atoms with Crippen molar-refractivity contribution in [3.8, 4) is 11.1 Å². The third-order valence-corrected chi connectivity index (χ3v) is 4.08. The zero-order chi connectivity index (χ0) is 17.4. The van der Waals surface area contributed by atoms with E-state index in [1.165, 1.54) is 17.9 Å². The largest absolute Gasteiger partial charge is 0.468 e. The van der Waals surface area contributed by atoms with E-state index in [1.54, 1.807) is 23.0 Å². The van der Waals surface area contributed by atoms with Crippen molar-refractivity contribution in [1.29, 1.82) is 0 Å². The minimum Gasteiger partial charge on any atom is -0.468 e. The Morgan fingerprint density at radius 3 is 2.72 bits per heavy atom. The van der Waals surface area contributed by atoms with Gasteiger partial charge >= 0.3 is 5.97 Å². The van der Waals surface area contributed by atoms with Gasteiger partial charge in [-0.25, -0.2) is 9.50 Å². The summed E-state index contributed by atoms with van der Waals surface area (Å²) in [7, 11) is 1.29. The zero-order valence-electron chi connectivity index (χ0n) is 13.4. The van der Waals surface area contributed by atoms with E-state index >= 15 is 0 Å². The van der Waals surface area contributed by atoms with Gasteiger partial charge in [-0.1, -0.05) is 30.3 Å². The molecule has 7 nitrogen and oxygen atoms in total. The number of hydrogen-bond donors (Lipinski definition) is 0. The summed E-state index contributed by atoms with van der Waals surface area (Å²) in [6.45, 7) is -0.141. The van der Waals surface area contributed by atoms with E-state index < -0.39 is 5.97 Å². The molecule has 4 rings (SSSR count). The van der Waals surface area contributed by atoms with Gasteiger partial charge in [-0.3, -0.25) is 9.59 Å². The Morgan fingerprint density at radius 2 is 1.96 bits per heavy atom. The third-order valence-electron chi connectivity index (χ3n) is 4.08. The quantitative estimate of drug-likeness (QED) is 0.535. The molecule has 0 aliphatic carbocycles. The monoisotopic (exact) mass is 334 g/mol. The van der Waals surface area contributed by atoms with Crippen molar-refractivity contribution in [3.63, 3.8) is 0 Å². The molecule has 25 heavy (non-hydrogen) atoms. The van der Waals surface area contributed by atoms with E-state index in [0.717, 1.165) is 11.1 Å². The molecule has 0 aliphatic heterocycles. The minimum atomic E-state index is -0.485. The van der Waals surface area contributed by atoms with E-state index in [-0.39, 0.29) is 12.1 Å². The number of fused-ring (bicyclic) bond motifs is 3. The lowest BCUT2D eigenvalue weighted by Gasteiger charge is -2.07.